The Hall–Kier alpha value is -3.56. The Bertz CT molecular complexity index is 1280. The van der Waals surface area contributed by atoms with Crippen molar-refractivity contribution in [2.24, 2.45) is 0 Å². The van der Waals surface area contributed by atoms with E-state index in [-0.39, 0.29) is 23.8 Å². The molecule has 0 radical (unpaired) electrons. The molecule has 0 atom stereocenters. The monoisotopic (exact) mass is 496 g/mol. The summed E-state index contributed by atoms with van der Waals surface area (Å²) in [6, 6.07) is 19.9. The predicted molar refractivity (Wildman–Crippen MR) is 133 cm³/mol. The molecule has 0 aromatic heterocycles. The normalized spacial score (nSPS) is 13.1. The lowest BCUT2D eigenvalue weighted by atomic mass is 10.0. The van der Waals surface area contributed by atoms with Crippen LogP contribution < -0.4 is 24.2 Å². The minimum absolute atomic E-state index is 0.0240. The smallest absolute Gasteiger partial charge is 0.240 e. The molecule has 3 aromatic rings. The van der Waals surface area contributed by atoms with E-state index < -0.39 is 10.0 Å². The molecule has 0 aliphatic carbocycles. The summed E-state index contributed by atoms with van der Waals surface area (Å²) in [6.45, 7) is 0.937. The molecule has 2 N–H and O–H groups in total. The van der Waals surface area contributed by atoms with Gasteiger partial charge in [0.05, 0.1) is 25.2 Å². The number of rotatable bonds is 9. The zero-order valence-corrected chi connectivity index (χ0v) is 20.3. The van der Waals surface area contributed by atoms with Crippen LogP contribution in [0, 0.1) is 0 Å². The SMILES string of the molecule is COc1ccc(NC(=O)CCNS(=O)(=O)c2ccc3c(c2)OCCCO3)cc1Cc1ccccc1. The Balaban J connectivity index is 1.34. The van der Waals surface area contributed by atoms with Crippen LogP contribution >= 0.6 is 0 Å². The molecule has 184 valence electrons. The lowest BCUT2D eigenvalue weighted by Gasteiger charge is -2.13. The molecule has 0 saturated heterocycles. The maximum Gasteiger partial charge on any atom is 0.240 e. The van der Waals surface area contributed by atoms with Gasteiger partial charge in [0.15, 0.2) is 11.5 Å². The lowest BCUT2D eigenvalue weighted by Crippen LogP contribution is -2.28. The summed E-state index contributed by atoms with van der Waals surface area (Å²) in [4.78, 5) is 12.5. The zero-order valence-electron chi connectivity index (χ0n) is 19.5. The summed E-state index contributed by atoms with van der Waals surface area (Å²) in [5.41, 5.74) is 2.68. The summed E-state index contributed by atoms with van der Waals surface area (Å²) >= 11 is 0. The quantitative estimate of drug-likeness (QED) is 0.468. The molecule has 1 heterocycles. The third kappa shape index (κ3) is 6.52. The highest BCUT2D eigenvalue weighted by molar-refractivity contribution is 7.89. The van der Waals surface area contributed by atoms with Crippen LogP contribution in [0.1, 0.15) is 24.0 Å². The number of nitrogens with one attached hydrogen (secondary N) is 2. The number of carbonyl (C=O) groups excluding carboxylic acids is 1. The molecule has 0 saturated carbocycles. The van der Waals surface area contributed by atoms with Crippen molar-refractivity contribution in [1.29, 1.82) is 0 Å². The van der Waals surface area contributed by atoms with E-state index in [1.807, 2.05) is 36.4 Å². The number of fused-ring (bicyclic) bond motifs is 1. The van der Waals surface area contributed by atoms with Gasteiger partial charge in [-0.05, 0) is 35.9 Å². The summed E-state index contributed by atoms with van der Waals surface area (Å²) in [6.07, 6.45) is 1.36. The second-order valence-electron chi connectivity index (χ2n) is 8.04. The van der Waals surface area contributed by atoms with Crippen molar-refractivity contribution in [3.8, 4) is 17.2 Å². The van der Waals surface area contributed by atoms with E-state index in [2.05, 4.69) is 10.0 Å². The maximum absolute atomic E-state index is 12.7. The first-order chi connectivity index (χ1) is 16.9. The number of benzene rings is 3. The van der Waals surface area contributed by atoms with E-state index in [0.29, 0.717) is 36.8 Å². The van der Waals surface area contributed by atoms with E-state index in [1.165, 1.54) is 12.1 Å². The van der Waals surface area contributed by atoms with Gasteiger partial charge in [-0.3, -0.25) is 4.79 Å². The molecule has 0 spiro atoms. The van der Waals surface area contributed by atoms with Gasteiger partial charge in [-0.2, -0.15) is 0 Å². The van der Waals surface area contributed by atoms with E-state index in [9.17, 15) is 13.2 Å². The molecule has 3 aromatic carbocycles. The fourth-order valence-corrected chi connectivity index (χ4v) is 4.77. The van der Waals surface area contributed by atoms with Gasteiger partial charge in [0.1, 0.15) is 5.75 Å². The Morgan fingerprint density at radius 1 is 0.971 bits per heavy atom. The largest absolute Gasteiger partial charge is 0.496 e. The first kappa shape index (κ1) is 24.6. The molecule has 1 aliphatic rings. The van der Waals surface area contributed by atoms with Crippen molar-refractivity contribution < 1.29 is 27.4 Å². The van der Waals surface area contributed by atoms with Gasteiger partial charge >= 0.3 is 0 Å². The summed E-state index contributed by atoms with van der Waals surface area (Å²) < 4.78 is 44.4. The summed E-state index contributed by atoms with van der Waals surface area (Å²) in [5, 5.41) is 2.83. The summed E-state index contributed by atoms with van der Waals surface area (Å²) in [5.74, 6) is 1.35. The van der Waals surface area contributed by atoms with Crippen LogP contribution in [0.5, 0.6) is 17.2 Å². The lowest BCUT2D eigenvalue weighted by molar-refractivity contribution is -0.116. The zero-order chi connectivity index (χ0) is 24.7. The van der Waals surface area contributed by atoms with Gasteiger partial charge in [0.25, 0.3) is 0 Å². The van der Waals surface area contributed by atoms with Crippen LogP contribution in [0.15, 0.2) is 71.6 Å². The van der Waals surface area contributed by atoms with Gasteiger partial charge in [0, 0.05) is 43.1 Å². The van der Waals surface area contributed by atoms with Crippen molar-refractivity contribution in [3.05, 3.63) is 77.9 Å². The highest BCUT2D eigenvalue weighted by Crippen LogP contribution is 2.32. The van der Waals surface area contributed by atoms with Crippen LogP contribution in [-0.4, -0.2) is 41.2 Å². The van der Waals surface area contributed by atoms with Gasteiger partial charge in [-0.25, -0.2) is 13.1 Å². The average molecular weight is 497 g/mol. The first-order valence-electron chi connectivity index (χ1n) is 11.3. The average Bonchev–Trinajstić information content (AvgIpc) is 3.10. The van der Waals surface area contributed by atoms with Crippen molar-refractivity contribution >= 4 is 21.6 Å². The number of ether oxygens (including phenoxy) is 3. The van der Waals surface area contributed by atoms with Crippen molar-refractivity contribution in [3.63, 3.8) is 0 Å². The topological polar surface area (TPSA) is 103 Å². The number of amides is 1. The van der Waals surface area contributed by atoms with Crippen LogP contribution in [0.2, 0.25) is 0 Å². The van der Waals surface area contributed by atoms with Crippen LogP contribution in [0.25, 0.3) is 0 Å². The Morgan fingerprint density at radius 2 is 1.74 bits per heavy atom. The van der Waals surface area contributed by atoms with Gasteiger partial charge in [0.2, 0.25) is 15.9 Å². The van der Waals surface area contributed by atoms with Crippen LogP contribution in [0.3, 0.4) is 0 Å². The molecule has 0 bridgehead atoms. The Kier molecular flexibility index (Phi) is 7.89. The van der Waals surface area contributed by atoms with E-state index in [4.69, 9.17) is 14.2 Å². The number of sulfonamides is 1. The second-order valence-corrected chi connectivity index (χ2v) is 9.81. The number of anilines is 1. The minimum Gasteiger partial charge on any atom is -0.496 e. The fourth-order valence-electron chi connectivity index (χ4n) is 3.73. The van der Waals surface area contributed by atoms with E-state index in [0.717, 1.165) is 23.3 Å². The predicted octanol–water partition coefficient (Wildman–Crippen LogP) is 3.75. The minimum atomic E-state index is -3.81. The first-order valence-corrected chi connectivity index (χ1v) is 12.8. The van der Waals surface area contributed by atoms with Gasteiger partial charge in [-0.1, -0.05) is 30.3 Å². The molecule has 4 rings (SSSR count). The highest BCUT2D eigenvalue weighted by atomic mass is 32.2. The summed E-state index contributed by atoms with van der Waals surface area (Å²) in [7, 11) is -2.20. The van der Waals surface area contributed by atoms with Crippen molar-refractivity contribution in [1.82, 2.24) is 4.72 Å². The van der Waals surface area contributed by atoms with Crippen molar-refractivity contribution in [2.75, 3.05) is 32.2 Å². The third-order valence-corrected chi connectivity index (χ3v) is 6.93. The number of methoxy groups -OCH3 is 1. The number of hydrogen-bond donors (Lipinski definition) is 2. The fraction of sp³-hybridized carbons (Fsp3) is 0.269. The Morgan fingerprint density at radius 3 is 2.51 bits per heavy atom. The number of carbonyl (C=O) groups is 1. The third-order valence-electron chi connectivity index (χ3n) is 5.47. The second kappa shape index (κ2) is 11.2. The van der Waals surface area contributed by atoms with Gasteiger partial charge in [-0.15, -0.1) is 0 Å². The van der Waals surface area contributed by atoms with Gasteiger partial charge < -0.3 is 19.5 Å². The molecular formula is C26H28N2O6S. The van der Waals surface area contributed by atoms with Crippen LogP contribution in [0.4, 0.5) is 5.69 Å². The van der Waals surface area contributed by atoms with Crippen LogP contribution in [-0.2, 0) is 21.2 Å². The standard InChI is InChI=1S/C26H28N2O6S/c1-32-23-10-8-21(17-20(23)16-19-6-3-2-4-7-19)28-26(29)12-13-27-35(30,31)22-9-11-24-25(18-22)34-15-5-14-33-24/h2-4,6-11,17-18,27H,5,12-16H2,1H3,(H,28,29). The molecule has 8 nitrogen and oxygen atoms in total. The highest BCUT2D eigenvalue weighted by Gasteiger charge is 2.19. The number of hydrogen-bond acceptors (Lipinski definition) is 6. The molecule has 35 heavy (non-hydrogen) atoms. The molecule has 0 unspecified atom stereocenters. The Labute approximate surface area is 205 Å². The molecule has 0 fully saturated rings. The molecule has 1 amide bonds. The van der Waals surface area contributed by atoms with E-state index in [1.54, 1.807) is 25.3 Å². The molecule has 1 aliphatic heterocycles. The van der Waals surface area contributed by atoms with Crippen molar-refractivity contribution in [2.45, 2.75) is 24.2 Å². The molecule has 9 heteroatoms. The maximum atomic E-state index is 12.7. The van der Waals surface area contributed by atoms with E-state index >= 15 is 0 Å². The molecular weight excluding hydrogens is 468 g/mol.